The van der Waals surface area contributed by atoms with Crippen molar-refractivity contribution in [2.75, 3.05) is 0 Å². The predicted molar refractivity (Wildman–Crippen MR) is 55.6 cm³/mol. The van der Waals surface area contributed by atoms with Crippen molar-refractivity contribution in [3.05, 3.63) is 0 Å². The van der Waals surface area contributed by atoms with Gasteiger partial charge in [-0.2, -0.15) is 13.2 Å². The van der Waals surface area contributed by atoms with Gasteiger partial charge in [0.05, 0.1) is 5.92 Å². The van der Waals surface area contributed by atoms with E-state index in [1.807, 2.05) is 0 Å². The van der Waals surface area contributed by atoms with Crippen molar-refractivity contribution < 1.29 is 13.2 Å². The van der Waals surface area contributed by atoms with Crippen LogP contribution in [0.2, 0.25) is 0 Å². The quantitative estimate of drug-likeness (QED) is 0.644. The van der Waals surface area contributed by atoms with Crippen LogP contribution in [0.25, 0.3) is 0 Å². The Bertz CT molecular complexity index is 178. The molecule has 0 bridgehead atoms. The molecule has 0 radical (unpaired) electrons. The lowest BCUT2D eigenvalue weighted by atomic mass is 9.78. The Kier molecular flexibility index (Phi) is 4.47. The average Bonchev–Trinajstić information content (AvgIpc) is 2.17. The number of rotatable bonds is 3. The Morgan fingerprint density at radius 3 is 2.07 bits per heavy atom. The molecule has 0 heterocycles. The largest absolute Gasteiger partial charge is 0.391 e. The van der Waals surface area contributed by atoms with Crippen LogP contribution in [0.5, 0.6) is 0 Å². The summed E-state index contributed by atoms with van der Waals surface area (Å²) in [5.41, 5.74) is 0. The SMILES string of the molecule is CCC(C)CC1CCC(C(F)(F)F)CC1. The van der Waals surface area contributed by atoms with Crippen LogP contribution >= 0.6 is 0 Å². The van der Waals surface area contributed by atoms with E-state index in [0.717, 1.165) is 25.7 Å². The first kappa shape index (κ1) is 12.9. The molecule has 1 unspecified atom stereocenters. The van der Waals surface area contributed by atoms with Crippen LogP contribution in [0, 0.1) is 17.8 Å². The summed E-state index contributed by atoms with van der Waals surface area (Å²) < 4.78 is 37.2. The fourth-order valence-electron chi connectivity index (χ4n) is 2.46. The van der Waals surface area contributed by atoms with Crippen LogP contribution in [0.4, 0.5) is 13.2 Å². The monoisotopic (exact) mass is 222 g/mol. The molecule has 0 aromatic heterocycles. The van der Waals surface area contributed by atoms with Gasteiger partial charge in [0.15, 0.2) is 0 Å². The zero-order chi connectivity index (χ0) is 11.5. The van der Waals surface area contributed by atoms with Crippen LogP contribution in [0.3, 0.4) is 0 Å². The summed E-state index contributed by atoms with van der Waals surface area (Å²) in [4.78, 5) is 0. The number of halogens is 3. The van der Waals surface area contributed by atoms with Crippen molar-refractivity contribution in [3.63, 3.8) is 0 Å². The lowest BCUT2D eigenvalue weighted by molar-refractivity contribution is -0.184. The molecular formula is C12H21F3. The molecule has 0 aliphatic heterocycles. The fourth-order valence-corrected chi connectivity index (χ4v) is 2.46. The van der Waals surface area contributed by atoms with Gasteiger partial charge in [-0.25, -0.2) is 0 Å². The van der Waals surface area contributed by atoms with Gasteiger partial charge in [-0.15, -0.1) is 0 Å². The smallest absolute Gasteiger partial charge is 0.171 e. The second kappa shape index (κ2) is 5.22. The molecule has 1 aliphatic rings. The van der Waals surface area contributed by atoms with Gasteiger partial charge in [-0.3, -0.25) is 0 Å². The summed E-state index contributed by atoms with van der Waals surface area (Å²) in [5, 5.41) is 0. The van der Waals surface area contributed by atoms with Gasteiger partial charge in [0, 0.05) is 0 Å². The lowest BCUT2D eigenvalue weighted by Crippen LogP contribution is -2.28. The third kappa shape index (κ3) is 4.04. The summed E-state index contributed by atoms with van der Waals surface area (Å²) >= 11 is 0. The Hall–Kier alpha value is -0.210. The average molecular weight is 222 g/mol. The lowest BCUT2D eigenvalue weighted by Gasteiger charge is -2.31. The molecule has 1 atom stereocenters. The summed E-state index contributed by atoms with van der Waals surface area (Å²) in [6, 6.07) is 0. The van der Waals surface area contributed by atoms with E-state index in [4.69, 9.17) is 0 Å². The minimum Gasteiger partial charge on any atom is -0.171 e. The van der Waals surface area contributed by atoms with Crippen LogP contribution in [-0.2, 0) is 0 Å². The number of hydrogen-bond donors (Lipinski definition) is 0. The minimum absolute atomic E-state index is 0.352. The molecule has 0 aromatic carbocycles. The van der Waals surface area contributed by atoms with Crippen molar-refractivity contribution in [1.82, 2.24) is 0 Å². The van der Waals surface area contributed by atoms with Gasteiger partial charge < -0.3 is 0 Å². The molecule has 0 aromatic rings. The molecule has 0 nitrogen and oxygen atoms in total. The molecular weight excluding hydrogens is 201 g/mol. The van der Waals surface area contributed by atoms with E-state index in [0.29, 0.717) is 24.7 Å². The topological polar surface area (TPSA) is 0 Å². The van der Waals surface area contributed by atoms with E-state index in [-0.39, 0.29) is 0 Å². The van der Waals surface area contributed by atoms with E-state index >= 15 is 0 Å². The van der Waals surface area contributed by atoms with Gasteiger partial charge in [0.1, 0.15) is 0 Å². The van der Waals surface area contributed by atoms with E-state index < -0.39 is 12.1 Å². The van der Waals surface area contributed by atoms with Crippen LogP contribution in [-0.4, -0.2) is 6.18 Å². The molecule has 1 rings (SSSR count). The summed E-state index contributed by atoms with van der Waals surface area (Å²) in [7, 11) is 0. The second-order valence-corrected chi connectivity index (χ2v) is 5.01. The van der Waals surface area contributed by atoms with Crippen LogP contribution < -0.4 is 0 Å². The molecule has 1 saturated carbocycles. The Labute approximate surface area is 90.2 Å². The molecule has 1 fully saturated rings. The van der Waals surface area contributed by atoms with E-state index in [2.05, 4.69) is 13.8 Å². The van der Waals surface area contributed by atoms with Gasteiger partial charge in [0.2, 0.25) is 0 Å². The second-order valence-electron chi connectivity index (χ2n) is 5.01. The summed E-state index contributed by atoms with van der Waals surface area (Å²) in [6.45, 7) is 4.34. The maximum absolute atomic E-state index is 12.4. The molecule has 15 heavy (non-hydrogen) atoms. The zero-order valence-corrected chi connectivity index (χ0v) is 9.61. The zero-order valence-electron chi connectivity index (χ0n) is 9.61. The van der Waals surface area contributed by atoms with Crippen molar-refractivity contribution in [2.24, 2.45) is 17.8 Å². The molecule has 0 saturated heterocycles. The Morgan fingerprint density at radius 1 is 1.13 bits per heavy atom. The highest BCUT2D eigenvalue weighted by molar-refractivity contribution is 4.77. The third-order valence-electron chi connectivity index (χ3n) is 3.74. The Balaban J connectivity index is 2.30. The van der Waals surface area contributed by atoms with Crippen molar-refractivity contribution in [2.45, 2.75) is 58.5 Å². The van der Waals surface area contributed by atoms with Gasteiger partial charge in [0.25, 0.3) is 0 Å². The van der Waals surface area contributed by atoms with E-state index in [1.54, 1.807) is 0 Å². The third-order valence-corrected chi connectivity index (χ3v) is 3.74. The standard InChI is InChI=1S/C12H21F3/c1-3-9(2)8-10-4-6-11(7-5-10)12(13,14)15/h9-11H,3-8H2,1-2H3. The van der Waals surface area contributed by atoms with Crippen LogP contribution in [0.1, 0.15) is 52.4 Å². The molecule has 1 aliphatic carbocycles. The number of hydrogen-bond acceptors (Lipinski definition) is 0. The van der Waals surface area contributed by atoms with Gasteiger partial charge in [-0.1, -0.05) is 20.3 Å². The van der Waals surface area contributed by atoms with Crippen molar-refractivity contribution in [3.8, 4) is 0 Å². The van der Waals surface area contributed by atoms with E-state index in [1.165, 1.54) is 0 Å². The predicted octanol–water partition coefficient (Wildman–Crippen LogP) is 4.79. The minimum atomic E-state index is -3.96. The first-order chi connectivity index (χ1) is 6.93. The highest BCUT2D eigenvalue weighted by Gasteiger charge is 2.41. The van der Waals surface area contributed by atoms with Crippen molar-refractivity contribution >= 4 is 0 Å². The van der Waals surface area contributed by atoms with Gasteiger partial charge >= 0.3 is 6.18 Å². The highest BCUT2D eigenvalue weighted by atomic mass is 19.4. The highest BCUT2D eigenvalue weighted by Crippen LogP contribution is 2.41. The summed E-state index contributed by atoms with van der Waals surface area (Å²) in [6.07, 6.45) is 0.542. The summed E-state index contributed by atoms with van der Waals surface area (Å²) in [5.74, 6) is 0.182. The first-order valence-corrected chi connectivity index (χ1v) is 6.00. The fraction of sp³-hybridized carbons (Fsp3) is 1.00. The molecule has 0 amide bonds. The van der Waals surface area contributed by atoms with Gasteiger partial charge in [-0.05, 0) is 43.9 Å². The molecule has 3 heteroatoms. The Morgan fingerprint density at radius 2 is 1.67 bits per heavy atom. The molecule has 0 spiro atoms. The molecule has 90 valence electrons. The first-order valence-electron chi connectivity index (χ1n) is 6.00. The van der Waals surface area contributed by atoms with Crippen LogP contribution in [0.15, 0.2) is 0 Å². The normalized spacial score (nSPS) is 30.2. The maximum atomic E-state index is 12.4. The van der Waals surface area contributed by atoms with Crippen molar-refractivity contribution in [1.29, 1.82) is 0 Å². The maximum Gasteiger partial charge on any atom is 0.391 e. The molecule has 0 N–H and O–H groups in total. The van der Waals surface area contributed by atoms with E-state index in [9.17, 15) is 13.2 Å². The number of alkyl halides is 3.